The van der Waals surface area contributed by atoms with E-state index in [1.165, 1.54) is 23.5 Å². The zero-order valence-electron chi connectivity index (χ0n) is 11.4. The van der Waals surface area contributed by atoms with E-state index in [0.29, 0.717) is 35.9 Å². The lowest BCUT2D eigenvalue weighted by Crippen LogP contribution is -2.07. The molecule has 0 aliphatic rings. The van der Waals surface area contributed by atoms with Crippen molar-refractivity contribution in [2.45, 2.75) is 13.8 Å². The van der Waals surface area contributed by atoms with Crippen LogP contribution in [0.1, 0.15) is 13.8 Å². The van der Waals surface area contributed by atoms with Crippen molar-refractivity contribution in [3.63, 3.8) is 0 Å². The van der Waals surface area contributed by atoms with Gasteiger partial charge in [-0.3, -0.25) is 9.59 Å². The first kappa shape index (κ1) is 18.4. The minimum absolute atomic E-state index is 0.0146. The van der Waals surface area contributed by atoms with Gasteiger partial charge in [-0.25, -0.2) is 0 Å². The van der Waals surface area contributed by atoms with Gasteiger partial charge in [0, 0.05) is 11.5 Å². The minimum Gasteiger partial charge on any atom is -0.355 e. The highest BCUT2D eigenvalue weighted by atomic mass is 32.2. The third-order valence-corrected chi connectivity index (χ3v) is 3.75. The van der Waals surface area contributed by atoms with Gasteiger partial charge in [0.2, 0.25) is 10.2 Å². The second-order valence-corrected chi connectivity index (χ2v) is 5.90. The first-order valence-electron chi connectivity index (χ1n) is 5.76. The van der Waals surface area contributed by atoms with Gasteiger partial charge in [-0.15, -0.1) is 0 Å². The molecule has 0 heterocycles. The summed E-state index contributed by atoms with van der Waals surface area (Å²) in [6.07, 6.45) is 0. The van der Waals surface area contributed by atoms with Gasteiger partial charge in [0.05, 0.1) is 13.2 Å². The molecule has 0 spiro atoms. The third-order valence-electron chi connectivity index (χ3n) is 1.79. The van der Waals surface area contributed by atoms with Gasteiger partial charge >= 0.3 is 0 Å². The fourth-order valence-electron chi connectivity index (χ4n) is 0.810. The minimum atomic E-state index is -0.0146. The average molecular weight is 304 g/mol. The third kappa shape index (κ3) is 11.0. The van der Waals surface area contributed by atoms with Crippen molar-refractivity contribution in [2.24, 2.45) is 0 Å². The number of rotatable bonds is 10. The lowest BCUT2D eigenvalue weighted by molar-refractivity contribution is -0.108. The summed E-state index contributed by atoms with van der Waals surface area (Å²) in [6, 6.07) is 0. The van der Waals surface area contributed by atoms with Crippen LogP contribution in [0.2, 0.25) is 0 Å². The van der Waals surface area contributed by atoms with Crippen LogP contribution in [0.4, 0.5) is 0 Å². The first-order chi connectivity index (χ1) is 8.95. The topological polar surface area (TPSA) is 52.6 Å². The molecule has 4 nitrogen and oxygen atoms in total. The van der Waals surface area contributed by atoms with Crippen molar-refractivity contribution >= 4 is 33.8 Å². The number of hydrogen-bond donors (Lipinski definition) is 0. The SMILES string of the molecule is C=C(C)C(=O)SCCOCOCCSC(=O)C(=C)C. The van der Waals surface area contributed by atoms with Crippen LogP contribution < -0.4 is 0 Å². The van der Waals surface area contributed by atoms with Crippen LogP contribution in [-0.2, 0) is 19.1 Å². The van der Waals surface area contributed by atoms with E-state index in [0.717, 1.165) is 0 Å². The molecule has 0 fully saturated rings. The van der Waals surface area contributed by atoms with Crippen LogP contribution >= 0.6 is 23.5 Å². The van der Waals surface area contributed by atoms with E-state index in [1.807, 2.05) is 0 Å². The highest BCUT2D eigenvalue weighted by Crippen LogP contribution is 2.09. The standard InChI is InChI=1S/C13H20O4S2/c1-10(2)12(14)18-7-5-16-9-17-6-8-19-13(15)11(3)4/h1,3,5-9H2,2,4H3. The second-order valence-electron chi connectivity index (χ2n) is 3.77. The predicted molar refractivity (Wildman–Crippen MR) is 81.3 cm³/mol. The summed E-state index contributed by atoms with van der Waals surface area (Å²) in [4.78, 5) is 22.3. The smallest absolute Gasteiger partial charge is 0.214 e. The van der Waals surface area contributed by atoms with E-state index in [9.17, 15) is 9.59 Å². The van der Waals surface area contributed by atoms with E-state index in [-0.39, 0.29) is 17.0 Å². The Morgan fingerprint density at radius 2 is 1.26 bits per heavy atom. The Morgan fingerprint density at radius 1 is 0.895 bits per heavy atom. The summed E-state index contributed by atoms with van der Waals surface area (Å²) in [7, 11) is 0. The zero-order valence-corrected chi connectivity index (χ0v) is 13.0. The largest absolute Gasteiger partial charge is 0.355 e. The molecular weight excluding hydrogens is 284 g/mol. The lowest BCUT2D eigenvalue weighted by atomic mass is 10.4. The average Bonchev–Trinajstić information content (AvgIpc) is 2.35. The molecule has 0 aliphatic carbocycles. The van der Waals surface area contributed by atoms with Gasteiger partial charge in [-0.2, -0.15) is 0 Å². The summed E-state index contributed by atoms with van der Waals surface area (Å²) < 4.78 is 10.4. The molecule has 0 aliphatic heterocycles. The molecule has 0 saturated carbocycles. The van der Waals surface area contributed by atoms with Crippen LogP contribution in [0.25, 0.3) is 0 Å². The van der Waals surface area contributed by atoms with Crippen molar-refractivity contribution in [3.05, 3.63) is 24.3 Å². The van der Waals surface area contributed by atoms with Crippen LogP contribution in [0.3, 0.4) is 0 Å². The normalized spacial score (nSPS) is 10.2. The predicted octanol–water partition coefficient (Wildman–Crippen LogP) is 2.65. The Morgan fingerprint density at radius 3 is 1.58 bits per heavy atom. The number of carbonyl (C=O) groups is 2. The fraction of sp³-hybridized carbons (Fsp3) is 0.538. The fourth-order valence-corrected chi connectivity index (χ4v) is 2.08. The van der Waals surface area contributed by atoms with Crippen LogP contribution in [0.15, 0.2) is 24.3 Å². The molecule has 0 bridgehead atoms. The highest BCUT2D eigenvalue weighted by molar-refractivity contribution is 8.14. The molecule has 6 heteroatoms. The maximum absolute atomic E-state index is 11.2. The molecule has 0 amide bonds. The quantitative estimate of drug-likeness (QED) is 0.351. The van der Waals surface area contributed by atoms with Gasteiger partial charge in [0.1, 0.15) is 6.79 Å². The van der Waals surface area contributed by atoms with Crippen LogP contribution in [0, 0.1) is 0 Å². The van der Waals surface area contributed by atoms with Crippen molar-refractivity contribution in [3.8, 4) is 0 Å². The molecule has 0 radical (unpaired) electrons. The maximum atomic E-state index is 11.2. The Bertz CT molecular complexity index is 308. The van der Waals surface area contributed by atoms with Crippen molar-refractivity contribution in [2.75, 3.05) is 31.5 Å². The first-order valence-corrected chi connectivity index (χ1v) is 7.73. The van der Waals surface area contributed by atoms with E-state index in [1.54, 1.807) is 13.8 Å². The van der Waals surface area contributed by atoms with Gasteiger partial charge in [0.25, 0.3) is 0 Å². The monoisotopic (exact) mass is 304 g/mol. The number of ether oxygens (including phenoxy) is 2. The second kappa shape index (κ2) is 11.3. The molecule has 108 valence electrons. The van der Waals surface area contributed by atoms with Gasteiger partial charge in [0.15, 0.2) is 0 Å². The summed E-state index contributed by atoms with van der Waals surface area (Å²) >= 11 is 2.36. The molecule has 0 aromatic rings. The molecule has 0 atom stereocenters. The molecular formula is C13H20O4S2. The Hall–Kier alpha value is -0.560. The van der Waals surface area contributed by atoms with Crippen molar-refractivity contribution in [1.82, 2.24) is 0 Å². The van der Waals surface area contributed by atoms with Crippen LogP contribution in [-0.4, -0.2) is 41.7 Å². The maximum Gasteiger partial charge on any atom is 0.214 e. The van der Waals surface area contributed by atoms with E-state index >= 15 is 0 Å². The zero-order chi connectivity index (χ0) is 14.7. The lowest BCUT2D eigenvalue weighted by Gasteiger charge is -2.05. The van der Waals surface area contributed by atoms with Gasteiger partial charge in [-0.05, 0) is 25.0 Å². The summed E-state index contributed by atoms with van der Waals surface area (Å²) in [5, 5.41) is -0.0292. The summed E-state index contributed by atoms with van der Waals surface area (Å²) in [6.45, 7) is 11.5. The van der Waals surface area contributed by atoms with Crippen molar-refractivity contribution < 1.29 is 19.1 Å². The molecule has 0 N–H and O–H groups in total. The Labute approximate surface area is 123 Å². The molecule has 0 rings (SSSR count). The molecule has 0 aromatic carbocycles. The molecule has 0 unspecified atom stereocenters. The molecule has 19 heavy (non-hydrogen) atoms. The van der Waals surface area contributed by atoms with Gasteiger partial charge in [-0.1, -0.05) is 36.7 Å². The molecule has 0 aromatic heterocycles. The Kier molecular flexibility index (Phi) is 10.9. The summed E-state index contributed by atoms with van der Waals surface area (Å²) in [5.74, 6) is 1.16. The van der Waals surface area contributed by atoms with E-state index in [2.05, 4.69) is 13.2 Å². The number of carbonyl (C=O) groups excluding carboxylic acids is 2. The molecule has 0 saturated heterocycles. The highest BCUT2D eigenvalue weighted by Gasteiger charge is 2.03. The van der Waals surface area contributed by atoms with Gasteiger partial charge < -0.3 is 9.47 Å². The number of hydrogen-bond acceptors (Lipinski definition) is 6. The van der Waals surface area contributed by atoms with Crippen LogP contribution in [0.5, 0.6) is 0 Å². The Balaban J connectivity index is 3.28. The number of thioether (sulfide) groups is 2. The summed E-state index contributed by atoms with van der Waals surface area (Å²) in [5.41, 5.74) is 1.08. The van der Waals surface area contributed by atoms with E-state index < -0.39 is 0 Å². The van der Waals surface area contributed by atoms with E-state index in [4.69, 9.17) is 9.47 Å². The van der Waals surface area contributed by atoms with Crippen molar-refractivity contribution in [1.29, 1.82) is 0 Å².